The topological polar surface area (TPSA) is 42.7 Å². The Bertz CT molecular complexity index is 556. The van der Waals surface area contributed by atoms with Crippen LogP contribution in [0.5, 0.6) is 0 Å². The van der Waals surface area contributed by atoms with Crippen molar-refractivity contribution in [1.29, 1.82) is 0 Å². The van der Waals surface area contributed by atoms with Crippen LogP contribution in [0.4, 0.5) is 5.82 Å². The van der Waals surface area contributed by atoms with Crippen molar-refractivity contribution in [2.45, 2.75) is 20.3 Å². The summed E-state index contributed by atoms with van der Waals surface area (Å²) in [7, 11) is 2.00. The summed E-state index contributed by atoms with van der Waals surface area (Å²) >= 11 is 0. The number of hydrogen-bond donors (Lipinski definition) is 1. The van der Waals surface area contributed by atoms with Gasteiger partial charge in [0, 0.05) is 19.8 Å². The highest BCUT2D eigenvalue weighted by Gasteiger charge is 2.45. The van der Waals surface area contributed by atoms with Gasteiger partial charge in [0.2, 0.25) is 0 Å². The molecule has 0 saturated heterocycles. The minimum atomic E-state index is 0.505. The normalized spacial score (nSPS) is 21.7. The van der Waals surface area contributed by atoms with Crippen LogP contribution in [-0.4, -0.2) is 21.1 Å². The monoisotopic (exact) mass is 230 g/mol. The van der Waals surface area contributed by atoms with Crippen LogP contribution in [0.25, 0.3) is 11.0 Å². The second kappa shape index (κ2) is 3.45. The van der Waals surface area contributed by atoms with Gasteiger partial charge in [-0.15, -0.1) is 0 Å². The van der Waals surface area contributed by atoms with Gasteiger partial charge in [0.1, 0.15) is 5.52 Å². The molecule has 0 spiro atoms. The Hall–Kier alpha value is -1.58. The molecule has 2 heterocycles. The molecule has 2 aromatic rings. The minimum Gasteiger partial charge on any atom is -0.368 e. The molecule has 1 unspecified atom stereocenters. The molecule has 1 aliphatic carbocycles. The van der Waals surface area contributed by atoms with Crippen molar-refractivity contribution in [3.8, 4) is 0 Å². The third-order valence-electron chi connectivity index (χ3n) is 3.88. The van der Waals surface area contributed by atoms with E-state index in [0.29, 0.717) is 5.41 Å². The maximum Gasteiger partial charge on any atom is 0.154 e. The van der Waals surface area contributed by atoms with Gasteiger partial charge in [0.15, 0.2) is 5.82 Å². The molecular formula is C13H18N4. The minimum absolute atomic E-state index is 0.505. The number of anilines is 1. The highest BCUT2D eigenvalue weighted by molar-refractivity contribution is 5.85. The van der Waals surface area contributed by atoms with Crippen molar-refractivity contribution in [3.63, 3.8) is 0 Å². The van der Waals surface area contributed by atoms with Gasteiger partial charge in [-0.3, -0.25) is 0 Å². The van der Waals surface area contributed by atoms with Crippen LogP contribution in [0, 0.1) is 11.3 Å². The van der Waals surface area contributed by atoms with Crippen molar-refractivity contribution >= 4 is 16.9 Å². The van der Waals surface area contributed by atoms with E-state index in [0.717, 1.165) is 29.3 Å². The molecule has 1 fully saturated rings. The number of aryl methyl sites for hydroxylation is 1. The summed E-state index contributed by atoms with van der Waals surface area (Å²) in [6, 6.07) is 1.99. The lowest BCUT2D eigenvalue weighted by Crippen LogP contribution is -2.08. The third kappa shape index (κ3) is 1.77. The lowest BCUT2D eigenvalue weighted by molar-refractivity contribution is 0.573. The first-order valence-corrected chi connectivity index (χ1v) is 6.08. The fourth-order valence-corrected chi connectivity index (χ4v) is 2.34. The van der Waals surface area contributed by atoms with Crippen molar-refractivity contribution in [3.05, 3.63) is 18.6 Å². The molecule has 0 aromatic carbocycles. The Morgan fingerprint density at radius 1 is 1.47 bits per heavy atom. The van der Waals surface area contributed by atoms with Crippen LogP contribution in [0.3, 0.4) is 0 Å². The molecule has 0 bridgehead atoms. The highest BCUT2D eigenvalue weighted by atomic mass is 15.1. The summed E-state index contributed by atoms with van der Waals surface area (Å²) < 4.78 is 2.02. The maximum absolute atomic E-state index is 4.39. The number of nitrogens with one attached hydrogen (secondary N) is 1. The van der Waals surface area contributed by atoms with E-state index >= 15 is 0 Å². The first kappa shape index (κ1) is 10.6. The Morgan fingerprint density at radius 2 is 2.24 bits per heavy atom. The van der Waals surface area contributed by atoms with Crippen LogP contribution in [-0.2, 0) is 7.05 Å². The molecule has 1 aliphatic rings. The van der Waals surface area contributed by atoms with E-state index in [1.165, 1.54) is 6.42 Å². The second-order valence-corrected chi connectivity index (χ2v) is 5.65. The molecule has 1 saturated carbocycles. The van der Waals surface area contributed by atoms with Gasteiger partial charge in [-0.2, -0.15) is 0 Å². The van der Waals surface area contributed by atoms with Gasteiger partial charge in [0.25, 0.3) is 0 Å². The van der Waals surface area contributed by atoms with E-state index in [1.807, 2.05) is 30.2 Å². The van der Waals surface area contributed by atoms with Gasteiger partial charge in [-0.1, -0.05) is 13.8 Å². The van der Waals surface area contributed by atoms with Crippen LogP contribution in [0.2, 0.25) is 0 Å². The zero-order valence-electron chi connectivity index (χ0n) is 10.6. The average molecular weight is 230 g/mol. The smallest absolute Gasteiger partial charge is 0.154 e. The first-order valence-electron chi connectivity index (χ1n) is 6.08. The molecule has 4 nitrogen and oxygen atoms in total. The summed E-state index contributed by atoms with van der Waals surface area (Å²) in [5, 5.41) is 3.43. The number of fused-ring (bicyclic) bond motifs is 1. The summed E-state index contributed by atoms with van der Waals surface area (Å²) in [6.07, 6.45) is 4.97. The van der Waals surface area contributed by atoms with Gasteiger partial charge in [0.05, 0.1) is 11.8 Å². The van der Waals surface area contributed by atoms with E-state index < -0.39 is 0 Å². The Morgan fingerprint density at radius 3 is 2.94 bits per heavy atom. The number of rotatable bonds is 3. The number of pyridine rings is 1. The first-order chi connectivity index (χ1) is 8.08. The summed E-state index contributed by atoms with van der Waals surface area (Å²) in [4.78, 5) is 8.77. The van der Waals surface area contributed by atoms with Gasteiger partial charge in [-0.25, -0.2) is 9.97 Å². The molecule has 4 heteroatoms. The molecule has 90 valence electrons. The van der Waals surface area contributed by atoms with Crippen LogP contribution in [0.1, 0.15) is 20.3 Å². The van der Waals surface area contributed by atoms with Crippen LogP contribution in [0.15, 0.2) is 18.6 Å². The fourth-order valence-electron chi connectivity index (χ4n) is 2.34. The van der Waals surface area contributed by atoms with E-state index in [9.17, 15) is 0 Å². The molecule has 0 aliphatic heterocycles. The summed E-state index contributed by atoms with van der Waals surface area (Å²) in [5.41, 5.74) is 2.59. The van der Waals surface area contributed by atoms with E-state index in [4.69, 9.17) is 0 Å². The molecular weight excluding hydrogens is 212 g/mol. The van der Waals surface area contributed by atoms with Crippen LogP contribution >= 0.6 is 0 Å². The lowest BCUT2D eigenvalue weighted by atomic mass is 10.1. The number of aromatic nitrogens is 3. The molecule has 2 aromatic heterocycles. The number of nitrogens with zero attached hydrogens (tertiary/aromatic N) is 3. The quantitative estimate of drug-likeness (QED) is 0.880. The Kier molecular flexibility index (Phi) is 2.15. The predicted molar refractivity (Wildman–Crippen MR) is 68.9 cm³/mol. The van der Waals surface area contributed by atoms with Gasteiger partial charge >= 0.3 is 0 Å². The largest absolute Gasteiger partial charge is 0.368 e. The fraction of sp³-hybridized carbons (Fsp3) is 0.538. The molecule has 3 rings (SSSR count). The lowest BCUT2D eigenvalue weighted by Gasteiger charge is -2.07. The van der Waals surface area contributed by atoms with Crippen molar-refractivity contribution < 1.29 is 0 Å². The maximum atomic E-state index is 4.39. The van der Waals surface area contributed by atoms with Crippen molar-refractivity contribution in [1.82, 2.24) is 14.5 Å². The molecule has 1 N–H and O–H groups in total. The SMILES string of the molecule is Cn1cnc2c(NCC3CC3(C)C)nccc21. The number of hydrogen-bond acceptors (Lipinski definition) is 3. The molecule has 0 amide bonds. The highest BCUT2D eigenvalue weighted by Crippen LogP contribution is 2.51. The molecule has 17 heavy (non-hydrogen) atoms. The van der Waals surface area contributed by atoms with Crippen molar-refractivity contribution in [2.75, 3.05) is 11.9 Å². The van der Waals surface area contributed by atoms with E-state index in [1.54, 1.807) is 0 Å². The predicted octanol–water partition coefficient (Wildman–Crippen LogP) is 2.43. The zero-order valence-corrected chi connectivity index (χ0v) is 10.6. The van der Waals surface area contributed by atoms with Crippen molar-refractivity contribution in [2.24, 2.45) is 18.4 Å². The Balaban J connectivity index is 1.81. The van der Waals surface area contributed by atoms with E-state index in [-0.39, 0.29) is 0 Å². The van der Waals surface area contributed by atoms with Gasteiger partial charge < -0.3 is 9.88 Å². The standard InChI is InChI=1S/C13H18N4/c1-13(2)6-9(13)7-15-12-11-10(4-5-14-12)17(3)8-16-11/h4-5,8-9H,6-7H2,1-3H3,(H,14,15). The Labute approximate surface area is 101 Å². The molecule has 0 radical (unpaired) electrons. The van der Waals surface area contributed by atoms with Gasteiger partial charge in [-0.05, 0) is 23.8 Å². The average Bonchev–Trinajstić information content (AvgIpc) is 2.71. The van der Waals surface area contributed by atoms with Crippen LogP contribution < -0.4 is 5.32 Å². The zero-order chi connectivity index (χ0) is 12.0. The molecule has 1 atom stereocenters. The summed E-state index contributed by atoms with van der Waals surface area (Å²) in [5.74, 6) is 1.68. The third-order valence-corrected chi connectivity index (χ3v) is 3.88. The second-order valence-electron chi connectivity index (χ2n) is 5.65. The number of imidazole rings is 1. The summed E-state index contributed by atoms with van der Waals surface area (Å²) in [6.45, 7) is 5.62. The van der Waals surface area contributed by atoms with E-state index in [2.05, 4.69) is 29.1 Å².